The first-order chi connectivity index (χ1) is 7.72. The zero-order valence-corrected chi connectivity index (χ0v) is 8.15. The van der Waals surface area contributed by atoms with Gasteiger partial charge in [-0.25, -0.2) is 8.78 Å². The topological polar surface area (TPSA) is 30.0 Å². The Morgan fingerprint density at radius 2 is 2.00 bits per heavy atom. The van der Waals surface area contributed by atoms with Crippen LogP contribution >= 0.6 is 0 Å². The highest BCUT2D eigenvalue weighted by Crippen LogP contribution is 2.22. The summed E-state index contributed by atoms with van der Waals surface area (Å²) >= 11 is 0. The molecule has 4 heteroatoms. The summed E-state index contributed by atoms with van der Waals surface area (Å²) in [5.74, 6) is -1.21. The number of aromatic nitrogens is 1. The molecule has 0 fully saturated rings. The molecule has 1 aromatic carbocycles. The number of halogens is 2. The van der Waals surface area contributed by atoms with Crippen molar-refractivity contribution in [1.29, 1.82) is 0 Å². The van der Waals surface area contributed by atoms with Gasteiger partial charge in [0.25, 0.3) is 0 Å². The van der Waals surface area contributed by atoms with Crippen molar-refractivity contribution in [2.24, 2.45) is 0 Å². The van der Waals surface area contributed by atoms with Crippen LogP contribution in [0.3, 0.4) is 0 Å². The average Bonchev–Trinajstić information content (AvgIpc) is 2.29. The van der Waals surface area contributed by atoms with E-state index in [1.165, 1.54) is 36.5 Å². The van der Waals surface area contributed by atoms with Crippen LogP contribution in [-0.2, 0) is 0 Å². The molecule has 0 saturated heterocycles. The molecule has 1 aromatic heterocycles. The minimum Gasteiger partial charge on any atom is -0.298 e. The van der Waals surface area contributed by atoms with E-state index >= 15 is 0 Å². The van der Waals surface area contributed by atoms with E-state index in [2.05, 4.69) is 4.98 Å². The van der Waals surface area contributed by atoms with Crippen LogP contribution in [0.4, 0.5) is 8.78 Å². The van der Waals surface area contributed by atoms with E-state index in [4.69, 9.17) is 0 Å². The highest BCUT2D eigenvalue weighted by atomic mass is 19.1. The van der Waals surface area contributed by atoms with E-state index in [1.54, 1.807) is 0 Å². The van der Waals surface area contributed by atoms with Crippen LogP contribution in [0.15, 0.2) is 36.5 Å². The molecular formula is C12H7F2NO. The van der Waals surface area contributed by atoms with Crippen molar-refractivity contribution >= 4 is 6.29 Å². The van der Waals surface area contributed by atoms with E-state index < -0.39 is 11.6 Å². The predicted octanol–water partition coefficient (Wildman–Crippen LogP) is 2.84. The highest BCUT2D eigenvalue weighted by molar-refractivity contribution is 5.78. The monoisotopic (exact) mass is 219 g/mol. The second-order valence-electron chi connectivity index (χ2n) is 3.19. The van der Waals surface area contributed by atoms with Gasteiger partial charge in [-0.05, 0) is 18.2 Å². The molecule has 0 aliphatic rings. The fourth-order valence-corrected chi connectivity index (χ4v) is 1.39. The number of carbonyl (C=O) groups excluding carboxylic acids is 1. The molecule has 0 radical (unpaired) electrons. The quantitative estimate of drug-likeness (QED) is 0.727. The van der Waals surface area contributed by atoms with Crippen molar-refractivity contribution in [3.63, 3.8) is 0 Å². The van der Waals surface area contributed by atoms with Crippen molar-refractivity contribution in [2.45, 2.75) is 0 Å². The Morgan fingerprint density at radius 1 is 1.19 bits per heavy atom. The van der Waals surface area contributed by atoms with Crippen molar-refractivity contribution in [3.05, 3.63) is 53.7 Å². The van der Waals surface area contributed by atoms with Gasteiger partial charge in [0.2, 0.25) is 0 Å². The van der Waals surface area contributed by atoms with Gasteiger partial charge in [-0.3, -0.25) is 9.78 Å². The van der Waals surface area contributed by atoms with E-state index in [0.29, 0.717) is 11.8 Å². The summed E-state index contributed by atoms with van der Waals surface area (Å²) < 4.78 is 26.6. The fourth-order valence-electron chi connectivity index (χ4n) is 1.39. The van der Waals surface area contributed by atoms with Crippen molar-refractivity contribution in [3.8, 4) is 11.3 Å². The molecule has 0 spiro atoms. The maximum absolute atomic E-state index is 13.7. The molecule has 0 aliphatic carbocycles. The van der Waals surface area contributed by atoms with Crippen molar-refractivity contribution < 1.29 is 13.6 Å². The lowest BCUT2D eigenvalue weighted by Gasteiger charge is -2.03. The summed E-state index contributed by atoms with van der Waals surface area (Å²) in [7, 11) is 0. The summed E-state index contributed by atoms with van der Waals surface area (Å²) in [6.45, 7) is 0. The lowest BCUT2D eigenvalue weighted by atomic mass is 10.1. The minimum atomic E-state index is -0.733. The second-order valence-corrected chi connectivity index (χ2v) is 3.19. The van der Waals surface area contributed by atoms with Crippen molar-refractivity contribution in [2.75, 3.05) is 0 Å². The van der Waals surface area contributed by atoms with Crippen LogP contribution in [0.25, 0.3) is 11.3 Å². The number of pyridine rings is 1. The smallest absolute Gasteiger partial charge is 0.159 e. The molecule has 0 unspecified atom stereocenters. The molecule has 0 saturated carbocycles. The third kappa shape index (κ3) is 1.82. The normalized spacial score (nSPS) is 10.1. The van der Waals surface area contributed by atoms with Gasteiger partial charge < -0.3 is 0 Å². The first kappa shape index (κ1) is 10.4. The van der Waals surface area contributed by atoms with Crippen LogP contribution in [-0.4, -0.2) is 11.3 Å². The molecule has 0 atom stereocenters. The number of benzene rings is 1. The van der Waals surface area contributed by atoms with Gasteiger partial charge in [0.1, 0.15) is 11.5 Å². The van der Waals surface area contributed by atoms with E-state index in [1.807, 2.05) is 0 Å². The predicted molar refractivity (Wildman–Crippen MR) is 55.0 cm³/mol. The molecule has 0 bridgehead atoms. The van der Waals surface area contributed by atoms with Crippen LogP contribution in [0.1, 0.15) is 10.4 Å². The Balaban J connectivity index is 2.60. The number of hydrogen-bond acceptors (Lipinski definition) is 2. The van der Waals surface area contributed by atoms with E-state index in [0.717, 1.165) is 0 Å². The summed E-state index contributed by atoms with van der Waals surface area (Å²) in [4.78, 5) is 14.3. The van der Waals surface area contributed by atoms with Crippen LogP contribution < -0.4 is 0 Å². The Kier molecular flexibility index (Phi) is 2.72. The lowest BCUT2D eigenvalue weighted by Crippen LogP contribution is -1.95. The first-order valence-corrected chi connectivity index (χ1v) is 4.58. The van der Waals surface area contributed by atoms with E-state index in [9.17, 15) is 13.6 Å². The Hall–Kier alpha value is -2.10. The Morgan fingerprint density at radius 3 is 2.69 bits per heavy atom. The average molecular weight is 219 g/mol. The SMILES string of the molecule is O=Cc1ccnc(-c2cccc(F)c2)c1F. The highest BCUT2D eigenvalue weighted by Gasteiger charge is 2.11. The number of carbonyl (C=O) groups is 1. The molecule has 1 heterocycles. The van der Waals surface area contributed by atoms with Gasteiger partial charge >= 0.3 is 0 Å². The summed E-state index contributed by atoms with van der Waals surface area (Å²) in [5.41, 5.74) is 0.194. The molecule has 0 aliphatic heterocycles. The summed E-state index contributed by atoms with van der Waals surface area (Å²) in [6, 6.07) is 6.68. The molecule has 80 valence electrons. The van der Waals surface area contributed by atoms with Gasteiger partial charge in [0.05, 0.1) is 5.56 Å². The Bertz CT molecular complexity index is 540. The third-order valence-corrected chi connectivity index (χ3v) is 2.14. The molecule has 16 heavy (non-hydrogen) atoms. The number of rotatable bonds is 2. The van der Waals surface area contributed by atoms with Gasteiger partial charge in [-0.1, -0.05) is 12.1 Å². The zero-order chi connectivity index (χ0) is 11.5. The molecule has 0 N–H and O–H groups in total. The van der Waals surface area contributed by atoms with Gasteiger partial charge in [0.15, 0.2) is 12.1 Å². The maximum atomic E-state index is 13.7. The third-order valence-electron chi connectivity index (χ3n) is 2.14. The van der Waals surface area contributed by atoms with E-state index in [-0.39, 0.29) is 11.3 Å². The molecule has 2 nitrogen and oxygen atoms in total. The minimum absolute atomic E-state index is 0.0240. The second kappa shape index (κ2) is 4.18. The number of hydrogen-bond donors (Lipinski definition) is 0. The number of aldehydes is 1. The Labute approximate surface area is 90.6 Å². The largest absolute Gasteiger partial charge is 0.298 e. The molecule has 2 aromatic rings. The van der Waals surface area contributed by atoms with Gasteiger partial charge in [0, 0.05) is 11.8 Å². The summed E-state index contributed by atoms with van der Waals surface area (Å²) in [6.07, 6.45) is 1.72. The maximum Gasteiger partial charge on any atom is 0.159 e. The van der Waals surface area contributed by atoms with Gasteiger partial charge in [-0.15, -0.1) is 0 Å². The van der Waals surface area contributed by atoms with Crippen molar-refractivity contribution in [1.82, 2.24) is 4.98 Å². The first-order valence-electron chi connectivity index (χ1n) is 4.58. The van der Waals surface area contributed by atoms with Crippen LogP contribution in [0.2, 0.25) is 0 Å². The standard InChI is InChI=1S/C12H7F2NO/c13-10-3-1-2-8(6-10)12-11(14)9(7-16)4-5-15-12/h1-7H. The number of nitrogens with zero attached hydrogens (tertiary/aromatic N) is 1. The zero-order valence-electron chi connectivity index (χ0n) is 8.15. The van der Waals surface area contributed by atoms with Crippen LogP contribution in [0.5, 0.6) is 0 Å². The molecule has 0 amide bonds. The molecular weight excluding hydrogens is 212 g/mol. The molecule has 2 rings (SSSR count). The summed E-state index contributed by atoms with van der Waals surface area (Å²) in [5, 5.41) is 0. The van der Waals surface area contributed by atoms with Gasteiger partial charge in [-0.2, -0.15) is 0 Å². The fraction of sp³-hybridized carbons (Fsp3) is 0. The van der Waals surface area contributed by atoms with Crippen LogP contribution in [0, 0.1) is 11.6 Å². The lowest BCUT2D eigenvalue weighted by molar-refractivity contribution is 0.111.